The highest BCUT2D eigenvalue weighted by molar-refractivity contribution is 7.15. The second-order valence-corrected chi connectivity index (χ2v) is 8.85. The van der Waals surface area contributed by atoms with Crippen molar-refractivity contribution in [1.82, 2.24) is 25.0 Å². The SMILES string of the molecule is C=CC(=O)Nc1ccc(CCCCc2nnc(NC(=O)Cc3cc4ccccc4n3C)s2)nn1. The zero-order valence-electron chi connectivity index (χ0n) is 18.8. The van der Waals surface area contributed by atoms with E-state index in [1.165, 1.54) is 17.4 Å². The van der Waals surface area contributed by atoms with Crippen molar-refractivity contribution in [2.45, 2.75) is 32.1 Å². The number of hydrogen-bond donors (Lipinski definition) is 2. The number of nitrogens with zero attached hydrogens (tertiary/aromatic N) is 5. The predicted molar refractivity (Wildman–Crippen MR) is 133 cm³/mol. The van der Waals surface area contributed by atoms with Crippen molar-refractivity contribution in [2.75, 3.05) is 10.6 Å². The fourth-order valence-corrected chi connectivity index (χ4v) is 4.37. The van der Waals surface area contributed by atoms with Crippen molar-refractivity contribution in [3.05, 3.63) is 71.5 Å². The van der Waals surface area contributed by atoms with Gasteiger partial charge in [0.05, 0.1) is 12.1 Å². The Bertz CT molecular complexity index is 1310. The van der Waals surface area contributed by atoms with Crippen molar-refractivity contribution < 1.29 is 9.59 Å². The molecule has 174 valence electrons. The molecule has 34 heavy (non-hydrogen) atoms. The van der Waals surface area contributed by atoms with E-state index < -0.39 is 0 Å². The van der Waals surface area contributed by atoms with Crippen LogP contribution in [0.2, 0.25) is 0 Å². The molecule has 0 unspecified atom stereocenters. The molecule has 0 saturated carbocycles. The van der Waals surface area contributed by atoms with Crippen molar-refractivity contribution in [2.24, 2.45) is 7.05 Å². The van der Waals surface area contributed by atoms with Gasteiger partial charge in [-0.1, -0.05) is 36.1 Å². The quantitative estimate of drug-likeness (QED) is 0.267. The van der Waals surface area contributed by atoms with E-state index in [4.69, 9.17) is 0 Å². The molecule has 0 fully saturated rings. The van der Waals surface area contributed by atoms with Gasteiger partial charge in [0.2, 0.25) is 16.9 Å². The highest BCUT2D eigenvalue weighted by atomic mass is 32.1. The third-order valence-electron chi connectivity index (χ3n) is 5.34. The van der Waals surface area contributed by atoms with E-state index in [-0.39, 0.29) is 18.2 Å². The summed E-state index contributed by atoms with van der Waals surface area (Å²) in [6.07, 6.45) is 4.83. The predicted octanol–water partition coefficient (Wildman–Crippen LogP) is 3.69. The first-order valence-corrected chi connectivity index (χ1v) is 11.7. The molecule has 0 atom stereocenters. The molecule has 0 spiro atoms. The number of carbonyl (C=O) groups is 2. The Morgan fingerprint density at radius 2 is 1.85 bits per heavy atom. The van der Waals surface area contributed by atoms with E-state index in [0.717, 1.165) is 53.0 Å². The fraction of sp³-hybridized carbons (Fsp3) is 0.250. The number of anilines is 2. The Morgan fingerprint density at radius 1 is 1.03 bits per heavy atom. The molecule has 4 rings (SSSR count). The highest BCUT2D eigenvalue weighted by Gasteiger charge is 2.12. The molecule has 0 bridgehead atoms. The van der Waals surface area contributed by atoms with Gasteiger partial charge in [-0.25, -0.2) is 0 Å². The van der Waals surface area contributed by atoms with Crippen LogP contribution in [0.1, 0.15) is 29.2 Å². The first-order valence-electron chi connectivity index (χ1n) is 10.9. The lowest BCUT2D eigenvalue weighted by molar-refractivity contribution is -0.115. The fourth-order valence-electron chi connectivity index (χ4n) is 3.57. The summed E-state index contributed by atoms with van der Waals surface area (Å²) in [7, 11) is 1.97. The zero-order valence-corrected chi connectivity index (χ0v) is 19.6. The minimum absolute atomic E-state index is 0.111. The summed E-state index contributed by atoms with van der Waals surface area (Å²) >= 11 is 1.40. The first-order chi connectivity index (χ1) is 16.5. The molecule has 10 heteroatoms. The van der Waals surface area contributed by atoms with Crippen LogP contribution < -0.4 is 10.6 Å². The van der Waals surface area contributed by atoms with Gasteiger partial charge < -0.3 is 15.2 Å². The van der Waals surface area contributed by atoms with Crippen molar-refractivity contribution in [3.8, 4) is 0 Å². The van der Waals surface area contributed by atoms with E-state index in [1.807, 2.05) is 48.0 Å². The first kappa shape index (κ1) is 23.2. The minimum Gasteiger partial charge on any atom is -0.347 e. The number of carbonyl (C=O) groups excluding carboxylic acids is 2. The molecule has 0 radical (unpaired) electrons. The van der Waals surface area contributed by atoms with Crippen molar-refractivity contribution in [3.63, 3.8) is 0 Å². The number of aromatic nitrogens is 5. The largest absolute Gasteiger partial charge is 0.347 e. The molecule has 0 saturated heterocycles. The zero-order chi connectivity index (χ0) is 23.9. The topological polar surface area (TPSA) is 115 Å². The Morgan fingerprint density at radius 3 is 2.62 bits per heavy atom. The average molecular weight is 476 g/mol. The van der Waals surface area contributed by atoms with E-state index in [0.29, 0.717) is 10.9 Å². The second kappa shape index (κ2) is 10.8. The second-order valence-electron chi connectivity index (χ2n) is 7.79. The summed E-state index contributed by atoms with van der Waals surface area (Å²) < 4.78 is 2.04. The Balaban J connectivity index is 1.21. The smallest absolute Gasteiger partial charge is 0.248 e. The lowest BCUT2D eigenvalue weighted by Gasteiger charge is -2.04. The summed E-state index contributed by atoms with van der Waals surface area (Å²) in [5.74, 6) is -0.0272. The van der Waals surface area contributed by atoms with Crippen LogP contribution >= 0.6 is 11.3 Å². The van der Waals surface area contributed by atoms with Crippen LogP contribution in [-0.2, 0) is 35.9 Å². The molecule has 1 aromatic carbocycles. The normalized spacial score (nSPS) is 10.9. The summed E-state index contributed by atoms with van der Waals surface area (Å²) in [6, 6.07) is 13.7. The van der Waals surface area contributed by atoms with E-state index in [2.05, 4.69) is 37.6 Å². The average Bonchev–Trinajstić information content (AvgIpc) is 3.41. The van der Waals surface area contributed by atoms with Gasteiger partial charge in [-0.3, -0.25) is 9.59 Å². The summed E-state index contributed by atoms with van der Waals surface area (Å²) in [4.78, 5) is 23.8. The molecule has 4 aromatic rings. The lowest BCUT2D eigenvalue weighted by Crippen LogP contribution is -2.15. The molecular weight excluding hydrogens is 450 g/mol. The number of aryl methyl sites for hydroxylation is 3. The lowest BCUT2D eigenvalue weighted by atomic mass is 10.1. The van der Waals surface area contributed by atoms with Crippen LogP contribution in [0.4, 0.5) is 10.9 Å². The van der Waals surface area contributed by atoms with E-state index in [1.54, 1.807) is 6.07 Å². The maximum atomic E-state index is 12.5. The third-order valence-corrected chi connectivity index (χ3v) is 6.23. The Hall–Kier alpha value is -3.92. The van der Waals surface area contributed by atoms with Gasteiger partial charge in [0.25, 0.3) is 0 Å². The molecule has 9 nitrogen and oxygen atoms in total. The molecule has 2 amide bonds. The number of para-hydroxylation sites is 1. The molecule has 0 aliphatic carbocycles. The molecular formula is C24H25N7O2S. The number of rotatable bonds is 10. The van der Waals surface area contributed by atoms with Crippen LogP contribution in [0.5, 0.6) is 0 Å². The number of benzene rings is 1. The summed E-state index contributed by atoms with van der Waals surface area (Å²) in [6.45, 7) is 3.40. The maximum Gasteiger partial charge on any atom is 0.248 e. The Kier molecular flexibility index (Phi) is 7.38. The molecule has 3 heterocycles. The van der Waals surface area contributed by atoms with Gasteiger partial charge in [-0.15, -0.1) is 15.3 Å². The standard InChI is InChI=1S/C24H25N7O2S/c1-3-21(32)25-20-13-12-17(27-28-20)9-5-7-11-23-29-30-24(34-23)26-22(33)15-18-14-16-8-4-6-10-19(16)31(18)2/h3-4,6,8,10,12-14H,1,5,7,9,11,15H2,2H3,(H,25,28,32)(H,26,30,33). The van der Waals surface area contributed by atoms with Crippen molar-refractivity contribution in [1.29, 1.82) is 0 Å². The monoisotopic (exact) mass is 475 g/mol. The Labute approximate surface area is 200 Å². The number of amides is 2. The van der Waals surface area contributed by atoms with E-state index >= 15 is 0 Å². The summed E-state index contributed by atoms with van der Waals surface area (Å²) in [5, 5.41) is 24.4. The number of fused-ring (bicyclic) bond motifs is 1. The minimum atomic E-state index is -0.316. The van der Waals surface area contributed by atoms with Crippen LogP contribution in [0.15, 0.2) is 55.1 Å². The molecule has 0 aliphatic rings. The van der Waals surface area contributed by atoms with Crippen LogP contribution in [0, 0.1) is 0 Å². The molecule has 3 aromatic heterocycles. The van der Waals surface area contributed by atoms with Gasteiger partial charge in [0, 0.05) is 24.7 Å². The highest BCUT2D eigenvalue weighted by Crippen LogP contribution is 2.21. The van der Waals surface area contributed by atoms with Crippen molar-refractivity contribution >= 4 is 45.0 Å². The van der Waals surface area contributed by atoms with E-state index in [9.17, 15) is 9.59 Å². The third kappa shape index (κ3) is 5.90. The van der Waals surface area contributed by atoms with Crippen LogP contribution in [0.3, 0.4) is 0 Å². The summed E-state index contributed by atoms with van der Waals surface area (Å²) in [5.41, 5.74) is 2.91. The number of hydrogen-bond acceptors (Lipinski definition) is 7. The van der Waals surface area contributed by atoms with Crippen LogP contribution in [0.25, 0.3) is 10.9 Å². The number of unbranched alkanes of at least 4 members (excludes halogenated alkanes) is 1. The van der Waals surface area contributed by atoms with Gasteiger partial charge in [0.1, 0.15) is 5.01 Å². The number of nitrogens with one attached hydrogen (secondary N) is 2. The van der Waals surface area contributed by atoms with Gasteiger partial charge in [0.15, 0.2) is 5.82 Å². The van der Waals surface area contributed by atoms with Crippen LogP contribution in [-0.4, -0.2) is 36.8 Å². The maximum absolute atomic E-state index is 12.5. The molecule has 2 N–H and O–H groups in total. The molecule has 0 aliphatic heterocycles. The van der Waals surface area contributed by atoms with Gasteiger partial charge in [-0.2, -0.15) is 5.10 Å². The van der Waals surface area contributed by atoms with Gasteiger partial charge >= 0.3 is 0 Å². The van der Waals surface area contributed by atoms with Gasteiger partial charge in [-0.05, 0) is 55.0 Å².